The fourth-order valence-corrected chi connectivity index (χ4v) is 2.72. The standard InChI is InChI=1S/C20H25N3O2/c1-15-3-5-16(6-4-15)9-11-22-20(21-2)23-12-10-17-7-8-18-19(13-17)25-14-24-18/h3-8,13H,9-12,14H2,1-2H3,(H2,21,22,23). The van der Waals surface area contributed by atoms with Crippen LogP contribution in [-0.2, 0) is 12.8 Å². The second-order valence-corrected chi connectivity index (χ2v) is 6.10. The molecule has 5 heteroatoms. The van der Waals surface area contributed by atoms with Crippen LogP contribution in [0.1, 0.15) is 16.7 Å². The molecule has 0 fully saturated rings. The van der Waals surface area contributed by atoms with Crippen LogP contribution in [0.3, 0.4) is 0 Å². The number of guanidine groups is 1. The number of hydrogen-bond donors (Lipinski definition) is 2. The van der Waals surface area contributed by atoms with E-state index in [1.54, 1.807) is 7.05 Å². The van der Waals surface area contributed by atoms with Gasteiger partial charge < -0.3 is 20.1 Å². The first-order valence-electron chi connectivity index (χ1n) is 8.63. The van der Waals surface area contributed by atoms with Gasteiger partial charge in [-0.2, -0.15) is 0 Å². The highest BCUT2D eigenvalue weighted by molar-refractivity contribution is 5.79. The summed E-state index contributed by atoms with van der Waals surface area (Å²) in [6.07, 6.45) is 1.87. The molecule has 2 aromatic rings. The normalized spacial score (nSPS) is 13.0. The quantitative estimate of drug-likeness (QED) is 0.628. The second-order valence-electron chi connectivity index (χ2n) is 6.10. The van der Waals surface area contributed by atoms with Gasteiger partial charge >= 0.3 is 0 Å². The van der Waals surface area contributed by atoms with Gasteiger partial charge in [-0.15, -0.1) is 0 Å². The molecule has 0 saturated heterocycles. The van der Waals surface area contributed by atoms with Crippen molar-refractivity contribution in [1.29, 1.82) is 0 Å². The van der Waals surface area contributed by atoms with Crippen molar-refractivity contribution in [1.82, 2.24) is 10.6 Å². The van der Waals surface area contributed by atoms with Gasteiger partial charge in [0.25, 0.3) is 0 Å². The van der Waals surface area contributed by atoms with Gasteiger partial charge in [0.1, 0.15) is 0 Å². The molecule has 0 amide bonds. The number of aryl methyl sites for hydroxylation is 1. The largest absolute Gasteiger partial charge is 0.454 e. The number of nitrogens with zero attached hydrogens (tertiary/aromatic N) is 1. The monoisotopic (exact) mass is 339 g/mol. The van der Waals surface area contributed by atoms with Crippen molar-refractivity contribution in [3.05, 3.63) is 59.2 Å². The van der Waals surface area contributed by atoms with Gasteiger partial charge in [0, 0.05) is 20.1 Å². The highest BCUT2D eigenvalue weighted by Crippen LogP contribution is 2.32. The number of fused-ring (bicyclic) bond motifs is 1. The number of aliphatic imine (C=N–C) groups is 1. The molecule has 0 bridgehead atoms. The predicted octanol–water partition coefficient (Wildman–Crippen LogP) is 2.67. The summed E-state index contributed by atoms with van der Waals surface area (Å²) in [4.78, 5) is 4.27. The molecule has 1 aliphatic heterocycles. The van der Waals surface area contributed by atoms with Gasteiger partial charge in [-0.05, 0) is 43.0 Å². The van der Waals surface area contributed by atoms with Crippen LogP contribution in [-0.4, -0.2) is 32.9 Å². The van der Waals surface area contributed by atoms with Crippen molar-refractivity contribution >= 4 is 5.96 Å². The van der Waals surface area contributed by atoms with Crippen LogP contribution < -0.4 is 20.1 Å². The summed E-state index contributed by atoms with van der Waals surface area (Å²) < 4.78 is 10.7. The maximum absolute atomic E-state index is 5.41. The fraction of sp³-hybridized carbons (Fsp3) is 0.350. The average molecular weight is 339 g/mol. The van der Waals surface area contributed by atoms with Gasteiger partial charge in [0.05, 0.1) is 0 Å². The molecule has 0 radical (unpaired) electrons. The Morgan fingerprint density at radius 3 is 2.28 bits per heavy atom. The van der Waals surface area contributed by atoms with Crippen LogP contribution in [0.5, 0.6) is 11.5 Å². The molecule has 132 valence electrons. The Hall–Kier alpha value is -2.69. The van der Waals surface area contributed by atoms with E-state index in [1.807, 2.05) is 12.1 Å². The zero-order valence-electron chi connectivity index (χ0n) is 14.8. The fourth-order valence-electron chi connectivity index (χ4n) is 2.72. The van der Waals surface area contributed by atoms with E-state index in [-0.39, 0.29) is 0 Å². The Morgan fingerprint density at radius 2 is 1.56 bits per heavy atom. The lowest BCUT2D eigenvalue weighted by molar-refractivity contribution is 0.174. The molecule has 1 aliphatic rings. The van der Waals surface area contributed by atoms with E-state index in [0.29, 0.717) is 6.79 Å². The van der Waals surface area contributed by atoms with Crippen LogP contribution in [0.4, 0.5) is 0 Å². The van der Waals surface area contributed by atoms with Crippen molar-refractivity contribution in [3.8, 4) is 11.5 Å². The third kappa shape index (κ3) is 4.89. The maximum Gasteiger partial charge on any atom is 0.231 e. The van der Waals surface area contributed by atoms with Crippen molar-refractivity contribution in [2.45, 2.75) is 19.8 Å². The Morgan fingerprint density at radius 1 is 0.920 bits per heavy atom. The van der Waals surface area contributed by atoms with Gasteiger partial charge in [0.2, 0.25) is 6.79 Å². The Balaban J connectivity index is 1.39. The third-order valence-corrected chi connectivity index (χ3v) is 4.19. The van der Waals surface area contributed by atoms with Gasteiger partial charge in [-0.25, -0.2) is 0 Å². The number of rotatable bonds is 6. The lowest BCUT2D eigenvalue weighted by Crippen LogP contribution is -2.39. The number of ether oxygens (including phenoxy) is 2. The number of hydrogen-bond acceptors (Lipinski definition) is 3. The van der Waals surface area contributed by atoms with Crippen LogP contribution in [0.25, 0.3) is 0 Å². The molecule has 2 N–H and O–H groups in total. The third-order valence-electron chi connectivity index (χ3n) is 4.19. The van der Waals surface area contributed by atoms with Crippen LogP contribution in [0.2, 0.25) is 0 Å². The predicted molar refractivity (Wildman–Crippen MR) is 101 cm³/mol. The van der Waals surface area contributed by atoms with Gasteiger partial charge in [0.15, 0.2) is 17.5 Å². The number of nitrogens with one attached hydrogen (secondary N) is 2. The molecule has 5 nitrogen and oxygen atoms in total. The Kier molecular flexibility index (Phi) is 5.77. The molecule has 0 unspecified atom stereocenters. The molecule has 25 heavy (non-hydrogen) atoms. The van der Waals surface area contributed by atoms with E-state index in [1.165, 1.54) is 16.7 Å². The van der Waals surface area contributed by atoms with Crippen LogP contribution in [0, 0.1) is 6.92 Å². The molecule has 0 aromatic heterocycles. The van der Waals surface area contributed by atoms with Crippen LogP contribution >= 0.6 is 0 Å². The minimum Gasteiger partial charge on any atom is -0.454 e. The minimum absolute atomic E-state index is 0.314. The van der Waals surface area contributed by atoms with Crippen molar-refractivity contribution < 1.29 is 9.47 Å². The zero-order chi connectivity index (χ0) is 17.5. The van der Waals surface area contributed by atoms with Gasteiger partial charge in [-0.3, -0.25) is 4.99 Å². The second kappa shape index (κ2) is 8.42. The molecule has 0 atom stereocenters. The molecular weight excluding hydrogens is 314 g/mol. The topological polar surface area (TPSA) is 54.9 Å². The summed E-state index contributed by atoms with van der Waals surface area (Å²) in [7, 11) is 1.79. The first-order chi connectivity index (χ1) is 12.2. The first kappa shape index (κ1) is 17.1. The molecule has 2 aromatic carbocycles. The summed E-state index contributed by atoms with van der Waals surface area (Å²) in [5.41, 5.74) is 3.83. The number of benzene rings is 2. The summed E-state index contributed by atoms with van der Waals surface area (Å²) in [5, 5.41) is 6.70. The van der Waals surface area contributed by atoms with E-state index in [0.717, 1.165) is 43.4 Å². The Bertz CT molecular complexity index is 726. The molecule has 0 aliphatic carbocycles. The molecule has 3 rings (SSSR count). The summed E-state index contributed by atoms with van der Waals surface area (Å²) in [5.74, 6) is 2.48. The first-order valence-corrected chi connectivity index (χ1v) is 8.63. The average Bonchev–Trinajstić information content (AvgIpc) is 3.10. The lowest BCUT2D eigenvalue weighted by Gasteiger charge is -2.12. The van der Waals surface area contributed by atoms with Gasteiger partial charge in [-0.1, -0.05) is 35.9 Å². The van der Waals surface area contributed by atoms with Crippen molar-refractivity contribution in [2.24, 2.45) is 4.99 Å². The SMILES string of the molecule is CN=C(NCCc1ccc(C)cc1)NCCc1ccc2c(c1)OCO2. The molecular formula is C20H25N3O2. The maximum atomic E-state index is 5.41. The van der Waals surface area contributed by atoms with Crippen molar-refractivity contribution in [3.63, 3.8) is 0 Å². The van der Waals surface area contributed by atoms with Crippen LogP contribution in [0.15, 0.2) is 47.5 Å². The highest BCUT2D eigenvalue weighted by Gasteiger charge is 2.12. The van der Waals surface area contributed by atoms with E-state index in [4.69, 9.17) is 9.47 Å². The smallest absolute Gasteiger partial charge is 0.231 e. The van der Waals surface area contributed by atoms with E-state index in [9.17, 15) is 0 Å². The zero-order valence-corrected chi connectivity index (χ0v) is 14.8. The van der Waals surface area contributed by atoms with E-state index >= 15 is 0 Å². The minimum atomic E-state index is 0.314. The molecule has 0 spiro atoms. The molecule has 0 saturated carbocycles. The summed E-state index contributed by atoms with van der Waals surface area (Å²) in [6, 6.07) is 14.7. The Labute approximate surface area is 149 Å². The molecule has 1 heterocycles. The summed E-state index contributed by atoms with van der Waals surface area (Å²) >= 11 is 0. The highest BCUT2D eigenvalue weighted by atomic mass is 16.7. The van der Waals surface area contributed by atoms with E-state index in [2.05, 4.69) is 52.9 Å². The van der Waals surface area contributed by atoms with E-state index < -0.39 is 0 Å². The summed E-state index contributed by atoms with van der Waals surface area (Å²) in [6.45, 7) is 4.08. The lowest BCUT2D eigenvalue weighted by atomic mass is 10.1. The van der Waals surface area contributed by atoms with Crippen molar-refractivity contribution in [2.75, 3.05) is 26.9 Å².